The minimum Gasteiger partial charge on any atom is -0.463 e. The molecule has 1 aliphatic rings. The highest BCUT2D eigenvalue weighted by Crippen LogP contribution is 2.31. The number of hydrogen-bond acceptors (Lipinski definition) is 4. The van der Waals surface area contributed by atoms with Crippen molar-refractivity contribution in [3.8, 4) is 0 Å². The molecule has 0 spiro atoms. The van der Waals surface area contributed by atoms with Gasteiger partial charge in [-0.3, -0.25) is 0 Å². The summed E-state index contributed by atoms with van der Waals surface area (Å²) < 4.78 is 16.9. The normalized spacial score (nSPS) is 19.5. The number of ether oxygens (including phenoxy) is 3. The Morgan fingerprint density at radius 2 is 1.43 bits per heavy atom. The SMILES string of the molecule is CCOC(=O)/C(CCc1ccccc1)=C(/CCc1ccccc1)C1OC(C)O1. The molecule has 1 heterocycles. The molecular formula is C24H28O4. The van der Waals surface area contributed by atoms with Crippen LogP contribution in [0.4, 0.5) is 0 Å². The van der Waals surface area contributed by atoms with Gasteiger partial charge in [-0.25, -0.2) is 4.79 Å². The van der Waals surface area contributed by atoms with Crippen LogP contribution < -0.4 is 0 Å². The fourth-order valence-electron chi connectivity index (χ4n) is 3.38. The Balaban J connectivity index is 1.83. The Bertz CT molecular complexity index is 777. The van der Waals surface area contributed by atoms with Crippen molar-refractivity contribution in [3.63, 3.8) is 0 Å². The Morgan fingerprint density at radius 3 is 1.93 bits per heavy atom. The lowest BCUT2D eigenvalue weighted by Crippen LogP contribution is -2.41. The van der Waals surface area contributed by atoms with Crippen LogP contribution in [0.3, 0.4) is 0 Å². The second kappa shape index (κ2) is 10.2. The van der Waals surface area contributed by atoms with Crippen LogP contribution in [0.2, 0.25) is 0 Å². The van der Waals surface area contributed by atoms with Gasteiger partial charge in [-0.05, 0) is 56.2 Å². The van der Waals surface area contributed by atoms with Gasteiger partial charge in [0.25, 0.3) is 0 Å². The van der Waals surface area contributed by atoms with Crippen molar-refractivity contribution >= 4 is 5.97 Å². The molecule has 0 amide bonds. The average molecular weight is 380 g/mol. The maximum atomic E-state index is 12.8. The van der Waals surface area contributed by atoms with E-state index in [9.17, 15) is 4.79 Å². The third kappa shape index (κ3) is 5.54. The molecule has 1 saturated heterocycles. The molecule has 0 saturated carbocycles. The van der Waals surface area contributed by atoms with Gasteiger partial charge in [0, 0.05) is 5.57 Å². The van der Waals surface area contributed by atoms with Crippen molar-refractivity contribution in [2.24, 2.45) is 0 Å². The molecule has 0 radical (unpaired) electrons. The van der Waals surface area contributed by atoms with Crippen LogP contribution in [0.25, 0.3) is 0 Å². The molecule has 0 N–H and O–H groups in total. The topological polar surface area (TPSA) is 44.8 Å². The molecule has 1 aliphatic heterocycles. The van der Waals surface area contributed by atoms with Crippen molar-refractivity contribution in [2.45, 2.75) is 52.1 Å². The first-order valence-electron chi connectivity index (χ1n) is 9.95. The third-order valence-electron chi connectivity index (χ3n) is 4.86. The molecule has 4 heteroatoms. The molecular weight excluding hydrogens is 352 g/mol. The number of rotatable bonds is 9. The molecule has 2 aromatic carbocycles. The lowest BCUT2D eigenvalue weighted by atomic mass is 9.94. The second-order valence-corrected chi connectivity index (χ2v) is 6.87. The number of aryl methyl sites for hydroxylation is 2. The van der Waals surface area contributed by atoms with E-state index in [1.807, 2.05) is 50.2 Å². The van der Waals surface area contributed by atoms with Crippen LogP contribution in [-0.4, -0.2) is 25.2 Å². The van der Waals surface area contributed by atoms with E-state index in [1.54, 1.807) is 0 Å². The molecule has 3 rings (SSSR count). The van der Waals surface area contributed by atoms with Gasteiger partial charge in [0.2, 0.25) is 0 Å². The van der Waals surface area contributed by atoms with Crippen molar-refractivity contribution in [2.75, 3.05) is 6.61 Å². The second-order valence-electron chi connectivity index (χ2n) is 6.87. The maximum absolute atomic E-state index is 12.8. The summed E-state index contributed by atoms with van der Waals surface area (Å²) >= 11 is 0. The first-order chi connectivity index (χ1) is 13.7. The van der Waals surface area contributed by atoms with Crippen LogP contribution in [0.15, 0.2) is 71.8 Å². The molecule has 28 heavy (non-hydrogen) atoms. The van der Waals surface area contributed by atoms with Gasteiger partial charge in [-0.1, -0.05) is 60.7 Å². The number of hydrogen-bond donors (Lipinski definition) is 0. The molecule has 0 aromatic heterocycles. The third-order valence-corrected chi connectivity index (χ3v) is 4.86. The minimum absolute atomic E-state index is 0.241. The average Bonchev–Trinajstić information content (AvgIpc) is 2.70. The van der Waals surface area contributed by atoms with E-state index >= 15 is 0 Å². The van der Waals surface area contributed by atoms with Gasteiger partial charge in [0.1, 0.15) is 0 Å². The lowest BCUT2D eigenvalue weighted by molar-refractivity contribution is -0.360. The predicted octanol–water partition coefficient (Wildman–Crippen LogP) is 4.83. The number of esters is 1. The summed E-state index contributed by atoms with van der Waals surface area (Å²) in [5.41, 5.74) is 3.99. The highest BCUT2D eigenvalue weighted by molar-refractivity contribution is 5.89. The monoisotopic (exact) mass is 380 g/mol. The first-order valence-corrected chi connectivity index (χ1v) is 9.95. The lowest BCUT2D eigenvalue weighted by Gasteiger charge is -2.36. The summed E-state index contributed by atoms with van der Waals surface area (Å²) in [5.74, 6) is -0.270. The zero-order chi connectivity index (χ0) is 19.8. The van der Waals surface area contributed by atoms with Gasteiger partial charge in [0.15, 0.2) is 12.6 Å². The van der Waals surface area contributed by atoms with Crippen molar-refractivity contribution < 1.29 is 19.0 Å². The standard InChI is InChI=1S/C24H28O4/c1-3-26-23(25)21(16-14-19-10-6-4-7-11-19)22(24-27-18(2)28-24)17-15-20-12-8-5-9-13-20/h4-13,18,24H,3,14-17H2,1-2H3/b22-21-. The fourth-order valence-corrected chi connectivity index (χ4v) is 3.38. The Kier molecular flexibility index (Phi) is 7.40. The quantitative estimate of drug-likeness (QED) is 0.462. The smallest absolute Gasteiger partial charge is 0.334 e. The van der Waals surface area contributed by atoms with Crippen LogP contribution in [0, 0.1) is 0 Å². The van der Waals surface area contributed by atoms with Crippen molar-refractivity contribution in [3.05, 3.63) is 82.9 Å². The number of carbonyl (C=O) groups is 1. The summed E-state index contributed by atoms with van der Waals surface area (Å²) in [7, 11) is 0. The van der Waals surface area contributed by atoms with E-state index in [4.69, 9.17) is 14.2 Å². The van der Waals surface area contributed by atoms with Crippen LogP contribution in [0.1, 0.15) is 37.8 Å². The summed E-state index contributed by atoms with van der Waals surface area (Å²) in [5, 5.41) is 0. The molecule has 0 unspecified atom stereocenters. The Labute approximate surface area is 167 Å². The minimum atomic E-state index is -0.464. The molecule has 148 valence electrons. The molecule has 0 bridgehead atoms. The van der Waals surface area contributed by atoms with E-state index in [0.29, 0.717) is 25.0 Å². The fraction of sp³-hybridized carbons (Fsp3) is 0.375. The summed E-state index contributed by atoms with van der Waals surface area (Å²) in [6, 6.07) is 20.4. The maximum Gasteiger partial charge on any atom is 0.334 e. The molecule has 4 nitrogen and oxygen atoms in total. The van der Waals surface area contributed by atoms with Gasteiger partial charge in [-0.15, -0.1) is 0 Å². The zero-order valence-electron chi connectivity index (χ0n) is 16.6. The predicted molar refractivity (Wildman–Crippen MR) is 109 cm³/mol. The van der Waals surface area contributed by atoms with E-state index in [0.717, 1.165) is 18.4 Å². The first kappa shape index (κ1) is 20.3. The summed E-state index contributed by atoms with van der Waals surface area (Å²) in [4.78, 5) is 12.8. The van der Waals surface area contributed by atoms with E-state index in [-0.39, 0.29) is 12.3 Å². The molecule has 0 aliphatic carbocycles. The number of benzene rings is 2. The molecule has 2 aromatic rings. The Morgan fingerprint density at radius 1 is 0.893 bits per heavy atom. The van der Waals surface area contributed by atoms with E-state index < -0.39 is 6.29 Å². The van der Waals surface area contributed by atoms with Gasteiger partial charge >= 0.3 is 5.97 Å². The zero-order valence-corrected chi connectivity index (χ0v) is 16.6. The number of carbonyl (C=O) groups excluding carboxylic acids is 1. The van der Waals surface area contributed by atoms with Crippen LogP contribution in [0.5, 0.6) is 0 Å². The van der Waals surface area contributed by atoms with Crippen molar-refractivity contribution in [1.29, 1.82) is 0 Å². The van der Waals surface area contributed by atoms with Gasteiger partial charge in [0.05, 0.1) is 6.61 Å². The van der Waals surface area contributed by atoms with Crippen LogP contribution in [-0.2, 0) is 31.8 Å². The molecule has 0 atom stereocenters. The largest absolute Gasteiger partial charge is 0.463 e. The van der Waals surface area contributed by atoms with Gasteiger partial charge < -0.3 is 14.2 Å². The van der Waals surface area contributed by atoms with Gasteiger partial charge in [-0.2, -0.15) is 0 Å². The van der Waals surface area contributed by atoms with E-state index in [2.05, 4.69) is 24.3 Å². The summed E-state index contributed by atoms with van der Waals surface area (Å²) in [6.45, 7) is 4.04. The van der Waals surface area contributed by atoms with Crippen LogP contribution >= 0.6 is 0 Å². The highest BCUT2D eigenvalue weighted by Gasteiger charge is 2.33. The van der Waals surface area contributed by atoms with Crippen molar-refractivity contribution in [1.82, 2.24) is 0 Å². The Hall–Kier alpha value is -2.43. The highest BCUT2D eigenvalue weighted by atomic mass is 16.9. The van der Waals surface area contributed by atoms with E-state index in [1.165, 1.54) is 11.1 Å². The molecule has 1 fully saturated rings. The summed E-state index contributed by atoms with van der Waals surface area (Å²) in [6.07, 6.45) is 2.19.